The lowest BCUT2D eigenvalue weighted by atomic mass is 9.38. The van der Waals surface area contributed by atoms with Gasteiger partial charge in [-0.05, 0) is 62.9 Å². The van der Waals surface area contributed by atoms with Crippen molar-refractivity contribution in [3.63, 3.8) is 0 Å². The van der Waals surface area contributed by atoms with E-state index in [4.69, 9.17) is 0 Å². The Kier molecular flexibility index (Phi) is 7.48. The van der Waals surface area contributed by atoms with Crippen molar-refractivity contribution in [3.05, 3.63) is 65.7 Å². The molecule has 2 atom stereocenters. The molecule has 1 unspecified atom stereocenters. The maximum atomic E-state index is 13.8. The fraction of sp³-hybridized carbons (Fsp3) is 0.536. The van der Waals surface area contributed by atoms with E-state index in [1.807, 2.05) is 0 Å². The molecule has 4 aliphatic rings. The second-order valence-electron chi connectivity index (χ2n) is 12.1. The topological polar surface area (TPSA) is 94.0 Å². The summed E-state index contributed by atoms with van der Waals surface area (Å²) >= 11 is 0. The smallest absolute Gasteiger partial charge is 0.376 e. The van der Waals surface area contributed by atoms with E-state index >= 15 is 0 Å². The molecular formula is C28H32F6N4O3S. The first-order chi connectivity index (χ1) is 19.4. The van der Waals surface area contributed by atoms with Crippen molar-refractivity contribution in [2.24, 2.45) is 10.4 Å². The molecule has 0 spiro atoms. The van der Waals surface area contributed by atoms with Crippen LogP contribution in [0.2, 0.25) is 0 Å². The van der Waals surface area contributed by atoms with Gasteiger partial charge in [-0.3, -0.25) is 10.3 Å². The van der Waals surface area contributed by atoms with Gasteiger partial charge in [0.1, 0.15) is 18.1 Å². The van der Waals surface area contributed by atoms with Gasteiger partial charge < -0.3 is 10.4 Å². The number of halogens is 6. The molecule has 1 heterocycles. The van der Waals surface area contributed by atoms with E-state index in [0.717, 1.165) is 12.1 Å². The largest absolute Gasteiger partial charge is 0.416 e. The number of alkyl halides is 6. The third-order valence-corrected chi connectivity index (χ3v) is 10.4. The van der Waals surface area contributed by atoms with Crippen molar-refractivity contribution in [2.45, 2.75) is 86.7 Å². The van der Waals surface area contributed by atoms with E-state index in [2.05, 4.69) is 15.6 Å². The predicted molar refractivity (Wildman–Crippen MR) is 143 cm³/mol. The molecule has 230 valence electrons. The standard InChI is InChI=1S/C28H32F6N4O3S/c1-24(2)21(22(39)35-13-12-27(29,30)31)36-23(37-24)25-15-26(16-25,17-25)38(42(40,41)20-6-4-3-5-7-20)14-18-8-10-19(11-9-18)28(32,33)34/h3-11,21-22,35,39H,12-17H2,1-2H3,(H,36,37)/t21-,22?,25?,26?/m0/s1. The zero-order valence-electron chi connectivity index (χ0n) is 22.9. The zero-order chi connectivity index (χ0) is 30.8. The number of benzene rings is 2. The van der Waals surface area contributed by atoms with Gasteiger partial charge in [-0.15, -0.1) is 0 Å². The Labute approximate surface area is 240 Å². The summed E-state index contributed by atoms with van der Waals surface area (Å²) in [5, 5.41) is 16.4. The van der Waals surface area contributed by atoms with Crippen molar-refractivity contribution in [3.8, 4) is 0 Å². The quantitative estimate of drug-likeness (QED) is 0.262. The second kappa shape index (κ2) is 10.2. The molecule has 2 bridgehead atoms. The number of hydrogen-bond acceptors (Lipinski definition) is 6. The number of amidine groups is 1. The van der Waals surface area contributed by atoms with Gasteiger partial charge in [-0.1, -0.05) is 30.3 Å². The zero-order valence-corrected chi connectivity index (χ0v) is 23.7. The van der Waals surface area contributed by atoms with Gasteiger partial charge in [-0.25, -0.2) is 8.42 Å². The SMILES string of the molecule is CC1(C)NC(C23CC(N(Cc4ccc(C(F)(F)F)cc4)S(=O)(=O)c4ccccc4)(C2)C3)=N[C@H]1C(O)NCCC(F)(F)F. The number of sulfonamides is 1. The Morgan fingerprint density at radius 3 is 2.17 bits per heavy atom. The van der Waals surface area contributed by atoms with Gasteiger partial charge in [0.25, 0.3) is 0 Å². The third-order valence-electron chi connectivity index (χ3n) is 8.48. The Morgan fingerprint density at radius 1 is 1.02 bits per heavy atom. The lowest BCUT2D eigenvalue weighted by Gasteiger charge is -2.73. The van der Waals surface area contributed by atoms with Crippen molar-refractivity contribution in [1.29, 1.82) is 0 Å². The van der Waals surface area contributed by atoms with Crippen LogP contribution in [-0.4, -0.2) is 59.7 Å². The van der Waals surface area contributed by atoms with E-state index in [-0.39, 0.29) is 11.4 Å². The van der Waals surface area contributed by atoms with Gasteiger partial charge in [-0.2, -0.15) is 30.6 Å². The van der Waals surface area contributed by atoms with Crippen LogP contribution in [0.3, 0.4) is 0 Å². The highest BCUT2D eigenvalue weighted by atomic mass is 32.2. The number of nitrogens with zero attached hydrogens (tertiary/aromatic N) is 2. The maximum absolute atomic E-state index is 13.8. The first kappa shape index (κ1) is 30.8. The van der Waals surface area contributed by atoms with Crippen molar-refractivity contribution < 1.29 is 39.9 Å². The summed E-state index contributed by atoms with van der Waals surface area (Å²) < 4.78 is 106. The van der Waals surface area contributed by atoms with E-state index in [9.17, 15) is 39.9 Å². The molecule has 3 saturated carbocycles. The lowest BCUT2D eigenvalue weighted by molar-refractivity contribution is -0.151. The minimum Gasteiger partial charge on any atom is -0.376 e. The number of rotatable bonds is 10. The number of aliphatic imine (C=N–C) groups is 1. The second-order valence-corrected chi connectivity index (χ2v) is 14.0. The first-order valence-electron chi connectivity index (χ1n) is 13.5. The molecule has 7 nitrogen and oxygen atoms in total. The summed E-state index contributed by atoms with van der Waals surface area (Å²) in [5.74, 6) is 0.572. The van der Waals surface area contributed by atoms with Crippen molar-refractivity contribution >= 4 is 15.9 Å². The third kappa shape index (κ3) is 5.65. The maximum Gasteiger partial charge on any atom is 0.416 e. The number of hydrogen-bond donors (Lipinski definition) is 3. The molecule has 3 fully saturated rings. The normalized spacial score (nSPS) is 27.6. The van der Waals surface area contributed by atoms with Gasteiger partial charge >= 0.3 is 12.4 Å². The first-order valence-corrected chi connectivity index (χ1v) is 14.9. The summed E-state index contributed by atoms with van der Waals surface area (Å²) in [6, 6.07) is 11.5. The Balaban J connectivity index is 1.36. The average molecular weight is 619 g/mol. The van der Waals surface area contributed by atoms with Crippen LogP contribution in [0.5, 0.6) is 0 Å². The highest BCUT2D eigenvalue weighted by Crippen LogP contribution is 2.71. The van der Waals surface area contributed by atoms with E-state index < -0.39 is 69.7 Å². The van der Waals surface area contributed by atoms with Crippen LogP contribution in [0.4, 0.5) is 26.3 Å². The minimum atomic E-state index is -4.52. The van der Waals surface area contributed by atoms with E-state index in [1.54, 1.807) is 32.0 Å². The predicted octanol–water partition coefficient (Wildman–Crippen LogP) is 4.83. The fourth-order valence-electron chi connectivity index (χ4n) is 6.36. The molecule has 3 N–H and O–H groups in total. The molecule has 0 radical (unpaired) electrons. The van der Waals surface area contributed by atoms with Crippen LogP contribution < -0.4 is 10.6 Å². The monoisotopic (exact) mass is 618 g/mol. The van der Waals surface area contributed by atoms with Crippen LogP contribution >= 0.6 is 0 Å². The summed E-state index contributed by atoms with van der Waals surface area (Å²) in [7, 11) is -4.03. The van der Waals surface area contributed by atoms with Crippen molar-refractivity contribution in [2.75, 3.05) is 6.54 Å². The van der Waals surface area contributed by atoms with Crippen LogP contribution in [0, 0.1) is 5.41 Å². The molecule has 0 amide bonds. The minimum absolute atomic E-state index is 0.0706. The Morgan fingerprint density at radius 2 is 1.62 bits per heavy atom. The molecule has 0 saturated heterocycles. The Hall–Kier alpha value is -2.68. The van der Waals surface area contributed by atoms with Gasteiger partial charge in [0.05, 0.1) is 22.4 Å². The van der Waals surface area contributed by atoms with Gasteiger partial charge in [0.15, 0.2) is 0 Å². The fourth-order valence-corrected chi connectivity index (χ4v) is 8.14. The molecule has 1 aliphatic heterocycles. The highest BCUT2D eigenvalue weighted by Gasteiger charge is 2.75. The molecular weight excluding hydrogens is 586 g/mol. The van der Waals surface area contributed by atoms with Crippen LogP contribution in [0.15, 0.2) is 64.5 Å². The highest BCUT2D eigenvalue weighted by molar-refractivity contribution is 7.89. The summed E-state index contributed by atoms with van der Waals surface area (Å²) in [6.45, 7) is 2.97. The molecule has 42 heavy (non-hydrogen) atoms. The number of aliphatic hydroxyl groups is 1. The number of aliphatic hydroxyl groups excluding tert-OH is 1. The molecule has 0 aromatic heterocycles. The van der Waals surface area contributed by atoms with Gasteiger partial charge in [0, 0.05) is 24.0 Å². The average Bonchev–Trinajstić information content (AvgIpc) is 3.16. The number of nitrogens with one attached hydrogen (secondary N) is 2. The molecule has 2 aromatic carbocycles. The van der Waals surface area contributed by atoms with Crippen LogP contribution in [-0.2, 0) is 22.7 Å². The summed E-state index contributed by atoms with van der Waals surface area (Å²) in [5.41, 5.74) is -2.48. The molecule has 2 aromatic rings. The Bertz CT molecular complexity index is 1420. The lowest BCUT2D eigenvalue weighted by Crippen LogP contribution is -2.78. The summed E-state index contributed by atoms with van der Waals surface area (Å²) in [6.07, 6.45) is -10.1. The van der Waals surface area contributed by atoms with E-state index in [0.29, 0.717) is 30.7 Å². The van der Waals surface area contributed by atoms with Crippen molar-refractivity contribution in [1.82, 2.24) is 14.9 Å². The van der Waals surface area contributed by atoms with Gasteiger partial charge in [0.2, 0.25) is 10.0 Å². The molecule has 14 heteroatoms. The molecule has 3 aliphatic carbocycles. The summed E-state index contributed by atoms with van der Waals surface area (Å²) in [4.78, 5) is 4.72. The van der Waals surface area contributed by atoms with Crippen LogP contribution in [0.1, 0.15) is 50.7 Å². The van der Waals surface area contributed by atoms with Crippen LogP contribution in [0.25, 0.3) is 0 Å². The van der Waals surface area contributed by atoms with E-state index in [1.165, 1.54) is 28.6 Å². The molecule has 6 rings (SSSR count).